The van der Waals surface area contributed by atoms with Crippen molar-refractivity contribution in [2.75, 3.05) is 11.9 Å². The molecular formula is C26H29N3O4S. The molecule has 0 bridgehead atoms. The second kappa shape index (κ2) is 9.85. The Morgan fingerprint density at radius 1 is 1.15 bits per heavy atom. The Morgan fingerprint density at radius 3 is 2.53 bits per heavy atom. The van der Waals surface area contributed by atoms with E-state index in [0.717, 1.165) is 38.9 Å². The van der Waals surface area contributed by atoms with Gasteiger partial charge < -0.3 is 19.6 Å². The zero-order valence-corrected chi connectivity index (χ0v) is 20.6. The van der Waals surface area contributed by atoms with E-state index in [2.05, 4.69) is 36.1 Å². The summed E-state index contributed by atoms with van der Waals surface area (Å²) in [5.74, 6) is 1.37. The summed E-state index contributed by atoms with van der Waals surface area (Å²) in [5.41, 5.74) is 2.54. The number of aromatic nitrogens is 2. The molecule has 7 nitrogen and oxygen atoms in total. The third kappa shape index (κ3) is 5.75. The number of hydrogen-bond donors (Lipinski definition) is 2. The molecule has 178 valence electrons. The Morgan fingerprint density at radius 2 is 1.88 bits per heavy atom. The number of oxazole rings is 1. The van der Waals surface area contributed by atoms with E-state index >= 15 is 0 Å². The van der Waals surface area contributed by atoms with E-state index in [9.17, 15) is 9.90 Å². The molecule has 0 saturated carbocycles. The Balaban J connectivity index is 1.33. The number of carbonyl (C=O) groups is 1. The highest BCUT2D eigenvalue weighted by Gasteiger charge is 2.22. The van der Waals surface area contributed by atoms with Crippen LogP contribution in [0.1, 0.15) is 43.7 Å². The zero-order chi connectivity index (χ0) is 24.3. The van der Waals surface area contributed by atoms with Gasteiger partial charge in [0.1, 0.15) is 17.6 Å². The topological polar surface area (TPSA) is 97.5 Å². The quantitative estimate of drug-likeness (QED) is 0.321. The molecule has 2 aromatic carbocycles. The molecule has 0 radical (unpaired) electrons. The van der Waals surface area contributed by atoms with Crippen molar-refractivity contribution < 1.29 is 19.1 Å². The van der Waals surface area contributed by atoms with E-state index in [4.69, 9.17) is 9.15 Å². The molecule has 4 aromatic rings. The van der Waals surface area contributed by atoms with Crippen LogP contribution in [-0.2, 0) is 23.1 Å². The Labute approximate surface area is 202 Å². The molecule has 2 aromatic heterocycles. The van der Waals surface area contributed by atoms with Gasteiger partial charge in [0.15, 0.2) is 11.0 Å². The van der Waals surface area contributed by atoms with Crippen LogP contribution in [0.5, 0.6) is 5.75 Å². The molecular weight excluding hydrogens is 450 g/mol. The fourth-order valence-electron chi connectivity index (χ4n) is 3.49. The maximum Gasteiger partial charge on any atom is 0.326 e. The van der Waals surface area contributed by atoms with Crippen LogP contribution in [0.2, 0.25) is 0 Å². The van der Waals surface area contributed by atoms with Gasteiger partial charge in [-0.15, -0.1) is 0 Å². The molecule has 0 unspecified atom stereocenters. The van der Waals surface area contributed by atoms with E-state index in [-0.39, 0.29) is 5.41 Å². The lowest BCUT2D eigenvalue weighted by Gasteiger charge is -2.14. The van der Waals surface area contributed by atoms with Gasteiger partial charge in [0, 0.05) is 18.3 Å². The number of hydrogen-bond acceptors (Lipinski definition) is 7. The molecule has 0 amide bonds. The SMILES string of the molecule is Cc1oc(C(C)(C)C)nc1CCOc1ccc(C[C@H](Nc2nc3ccccc3s2)C(=O)O)cc1. The lowest BCUT2D eigenvalue weighted by Crippen LogP contribution is -2.31. The summed E-state index contributed by atoms with van der Waals surface area (Å²) in [4.78, 5) is 20.9. The summed E-state index contributed by atoms with van der Waals surface area (Å²) in [5, 5.41) is 13.4. The second-order valence-corrected chi connectivity index (χ2v) is 10.3. The molecule has 0 aliphatic carbocycles. The predicted molar refractivity (Wildman–Crippen MR) is 134 cm³/mol. The Kier molecular flexibility index (Phi) is 6.88. The van der Waals surface area contributed by atoms with Crippen LogP contribution in [-0.4, -0.2) is 33.7 Å². The largest absolute Gasteiger partial charge is 0.493 e. The number of para-hydroxylation sites is 1. The van der Waals surface area contributed by atoms with Crippen molar-refractivity contribution in [1.29, 1.82) is 0 Å². The number of carboxylic acid groups (broad SMARTS) is 1. The lowest BCUT2D eigenvalue weighted by molar-refractivity contribution is -0.137. The van der Waals surface area contributed by atoms with Crippen molar-refractivity contribution in [3.8, 4) is 5.75 Å². The van der Waals surface area contributed by atoms with Crippen LogP contribution in [0, 0.1) is 6.92 Å². The number of benzene rings is 2. The number of ether oxygens (including phenoxy) is 1. The summed E-state index contributed by atoms with van der Waals surface area (Å²) < 4.78 is 12.7. The first-order chi connectivity index (χ1) is 16.2. The highest BCUT2D eigenvalue weighted by atomic mass is 32.1. The maximum absolute atomic E-state index is 11.8. The highest BCUT2D eigenvalue weighted by molar-refractivity contribution is 7.22. The minimum Gasteiger partial charge on any atom is -0.493 e. The first-order valence-electron chi connectivity index (χ1n) is 11.2. The third-order valence-corrected chi connectivity index (χ3v) is 6.36. The van der Waals surface area contributed by atoms with Crippen molar-refractivity contribution in [1.82, 2.24) is 9.97 Å². The summed E-state index contributed by atoms with van der Waals surface area (Å²) in [6, 6.07) is 14.5. The smallest absolute Gasteiger partial charge is 0.326 e. The van der Waals surface area contributed by atoms with Gasteiger partial charge in [-0.25, -0.2) is 14.8 Å². The van der Waals surface area contributed by atoms with E-state index in [1.54, 1.807) is 0 Å². The third-order valence-electron chi connectivity index (χ3n) is 5.39. The number of fused-ring (bicyclic) bond motifs is 1. The molecule has 4 rings (SSSR count). The predicted octanol–water partition coefficient (Wildman–Crippen LogP) is 5.62. The van der Waals surface area contributed by atoms with Crippen LogP contribution in [0.25, 0.3) is 10.2 Å². The van der Waals surface area contributed by atoms with Crippen LogP contribution in [0.3, 0.4) is 0 Å². The second-order valence-electron chi connectivity index (χ2n) is 9.24. The normalized spacial score (nSPS) is 12.6. The molecule has 8 heteroatoms. The number of aliphatic carboxylic acids is 1. The molecule has 0 aliphatic heterocycles. The molecule has 34 heavy (non-hydrogen) atoms. The summed E-state index contributed by atoms with van der Waals surface area (Å²) >= 11 is 1.45. The Bertz CT molecular complexity index is 1240. The average Bonchev–Trinajstić information content (AvgIpc) is 3.37. The van der Waals surface area contributed by atoms with Gasteiger partial charge in [-0.05, 0) is 36.8 Å². The molecule has 0 saturated heterocycles. The van der Waals surface area contributed by atoms with E-state index in [1.807, 2.05) is 55.5 Å². The molecule has 2 heterocycles. The summed E-state index contributed by atoms with van der Waals surface area (Å²) in [6.45, 7) is 8.62. The number of nitrogens with zero attached hydrogens (tertiary/aromatic N) is 2. The zero-order valence-electron chi connectivity index (χ0n) is 19.8. The number of anilines is 1. The van der Waals surface area contributed by atoms with Gasteiger partial charge >= 0.3 is 5.97 Å². The number of carboxylic acids is 1. The van der Waals surface area contributed by atoms with Gasteiger partial charge in [0.25, 0.3) is 0 Å². The minimum atomic E-state index is -0.919. The van der Waals surface area contributed by atoms with Gasteiger partial charge in [-0.2, -0.15) is 0 Å². The summed E-state index contributed by atoms with van der Waals surface area (Å²) in [7, 11) is 0. The van der Waals surface area contributed by atoms with E-state index in [1.165, 1.54) is 11.3 Å². The monoisotopic (exact) mass is 479 g/mol. The number of aryl methyl sites for hydroxylation is 1. The van der Waals surface area contributed by atoms with Gasteiger partial charge in [-0.1, -0.05) is 56.4 Å². The highest BCUT2D eigenvalue weighted by Crippen LogP contribution is 2.27. The van der Waals surface area contributed by atoms with Crippen LogP contribution < -0.4 is 10.1 Å². The maximum atomic E-state index is 11.8. The van der Waals surface area contributed by atoms with Crippen molar-refractivity contribution in [3.63, 3.8) is 0 Å². The first kappa shape index (κ1) is 23.8. The number of thiazole rings is 1. The molecule has 0 fully saturated rings. The van der Waals surface area contributed by atoms with Crippen molar-refractivity contribution in [2.45, 2.75) is 52.0 Å². The minimum absolute atomic E-state index is 0.130. The fraction of sp³-hybridized carbons (Fsp3) is 0.346. The van der Waals surface area contributed by atoms with Crippen LogP contribution >= 0.6 is 11.3 Å². The molecule has 0 aliphatic rings. The van der Waals surface area contributed by atoms with E-state index in [0.29, 0.717) is 24.6 Å². The Hall–Kier alpha value is -3.39. The standard InChI is InChI=1S/C26H29N3O4S/c1-16-19(27-24(33-16)26(2,3)4)13-14-32-18-11-9-17(10-12-18)15-21(23(30)31)29-25-28-20-7-5-6-8-22(20)34-25/h5-12,21H,13-15H2,1-4H3,(H,28,29)(H,30,31)/t21-/m0/s1. The number of rotatable bonds is 9. The first-order valence-corrected chi connectivity index (χ1v) is 12.0. The van der Waals surface area contributed by atoms with Crippen molar-refractivity contribution >= 4 is 32.7 Å². The lowest BCUT2D eigenvalue weighted by atomic mass is 9.97. The van der Waals surface area contributed by atoms with E-state index < -0.39 is 12.0 Å². The average molecular weight is 480 g/mol. The number of nitrogens with one attached hydrogen (secondary N) is 1. The van der Waals surface area contributed by atoms with Crippen molar-refractivity contribution in [2.24, 2.45) is 0 Å². The van der Waals surface area contributed by atoms with Crippen LogP contribution in [0.15, 0.2) is 52.9 Å². The summed E-state index contributed by atoms with van der Waals surface area (Å²) in [6.07, 6.45) is 0.986. The van der Waals surface area contributed by atoms with Gasteiger partial charge in [0.05, 0.1) is 22.5 Å². The van der Waals surface area contributed by atoms with Crippen LogP contribution in [0.4, 0.5) is 5.13 Å². The van der Waals surface area contributed by atoms with Crippen molar-refractivity contribution in [3.05, 3.63) is 71.4 Å². The molecule has 1 atom stereocenters. The van der Waals surface area contributed by atoms with Gasteiger partial charge in [-0.3, -0.25) is 0 Å². The van der Waals surface area contributed by atoms with Gasteiger partial charge in [0.2, 0.25) is 0 Å². The molecule has 2 N–H and O–H groups in total. The molecule has 0 spiro atoms. The fourth-order valence-corrected chi connectivity index (χ4v) is 4.41.